The number of aromatic nitrogens is 2. The maximum atomic E-state index is 11.0. The maximum Gasteiger partial charge on any atom is 0.247 e. The molecule has 1 aromatic carbocycles. The van der Waals surface area contributed by atoms with Crippen molar-refractivity contribution in [1.82, 2.24) is 10.2 Å². The molecule has 2 aromatic rings. The quantitative estimate of drug-likeness (QED) is 0.867. The number of anilines is 1. The van der Waals surface area contributed by atoms with Crippen molar-refractivity contribution >= 4 is 15.7 Å². The number of rotatable bonds is 3. The van der Waals surface area contributed by atoms with Crippen LogP contribution in [0.4, 0.5) is 5.69 Å². The molecule has 0 aliphatic carbocycles. The standard InChI is InChI=1S/C9H9N3O3S/c1-16(13,14)12-8-4-2-3-7(5-8)9-11-10-6-15-9/h2-6,12H,1H3. The number of hydrogen-bond acceptors (Lipinski definition) is 5. The fourth-order valence-corrected chi connectivity index (χ4v) is 1.78. The van der Waals surface area contributed by atoms with Gasteiger partial charge in [0.2, 0.25) is 22.3 Å². The van der Waals surface area contributed by atoms with Crippen molar-refractivity contribution in [2.45, 2.75) is 0 Å². The summed E-state index contributed by atoms with van der Waals surface area (Å²) in [5.74, 6) is 0.345. The molecule has 0 radical (unpaired) electrons. The zero-order valence-electron chi connectivity index (χ0n) is 8.41. The van der Waals surface area contributed by atoms with Crippen LogP contribution in [0, 0.1) is 0 Å². The molecule has 0 spiro atoms. The van der Waals surface area contributed by atoms with E-state index in [0.717, 1.165) is 6.26 Å². The lowest BCUT2D eigenvalue weighted by Gasteiger charge is -2.04. The van der Waals surface area contributed by atoms with Crippen LogP contribution < -0.4 is 4.72 Å². The first-order chi connectivity index (χ1) is 7.54. The van der Waals surface area contributed by atoms with E-state index in [2.05, 4.69) is 14.9 Å². The lowest BCUT2D eigenvalue weighted by Crippen LogP contribution is -2.09. The number of nitrogens with one attached hydrogen (secondary N) is 1. The van der Waals surface area contributed by atoms with Crippen molar-refractivity contribution in [2.75, 3.05) is 11.0 Å². The maximum absolute atomic E-state index is 11.0. The molecule has 0 unspecified atom stereocenters. The minimum Gasteiger partial charge on any atom is -0.423 e. The zero-order valence-corrected chi connectivity index (χ0v) is 9.23. The van der Waals surface area contributed by atoms with Crippen LogP contribution in [-0.4, -0.2) is 24.9 Å². The van der Waals surface area contributed by atoms with E-state index in [1.165, 1.54) is 6.39 Å². The molecule has 0 aliphatic rings. The second-order valence-electron chi connectivity index (χ2n) is 3.20. The van der Waals surface area contributed by atoms with Crippen LogP contribution >= 0.6 is 0 Å². The smallest absolute Gasteiger partial charge is 0.247 e. The Morgan fingerprint density at radius 1 is 1.38 bits per heavy atom. The minimum atomic E-state index is -3.28. The van der Waals surface area contributed by atoms with Gasteiger partial charge in [0, 0.05) is 11.3 Å². The summed E-state index contributed by atoms with van der Waals surface area (Å²) in [5, 5.41) is 7.28. The normalized spacial score (nSPS) is 11.3. The van der Waals surface area contributed by atoms with Gasteiger partial charge in [-0.25, -0.2) is 8.42 Å². The molecule has 7 heteroatoms. The van der Waals surface area contributed by atoms with Gasteiger partial charge in [-0.1, -0.05) is 6.07 Å². The molecule has 84 valence electrons. The molecule has 0 amide bonds. The van der Waals surface area contributed by atoms with Crippen LogP contribution in [0.5, 0.6) is 0 Å². The predicted octanol–water partition coefficient (Wildman–Crippen LogP) is 1.11. The van der Waals surface area contributed by atoms with E-state index in [9.17, 15) is 8.42 Å². The van der Waals surface area contributed by atoms with E-state index in [1.807, 2.05) is 0 Å². The van der Waals surface area contributed by atoms with Crippen LogP contribution in [0.2, 0.25) is 0 Å². The molecule has 6 nitrogen and oxygen atoms in total. The van der Waals surface area contributed by atoms with E-state index in [0.29, 0.717) is 17.1 Å². The molecular weight excluding hydrogens is 230 g/mol. The van der Waals surface area contributed by atoms with E-state index >= 15 is 0 Å². The van der Waals surface area contributed by atoms with Gasteiger partial charge in [0.15, 0.2) is 0 Å². The van der Waals surface area contributed by atoms with Gasteiger partial charge in [-0.3, -0.25) is 4.72 Å². The highest BCUT2D eigenvalue weighted by Crippen LogP contribution is 2.20. The Balaban J connectivity index is 2.34. The third-order valence-electron chi connectivity index (χ3n) is 1.77. The molecule has 0 saturated carbocycles. The Morgan fingerprint density at radius 2 is 2.19 bits per heavy atom. The Hall–Kier alpha value is -1.89. The van der Waals surface area contributed by atoms with Crippen molar-refractivity contribution in [3.05, 3.63) is 30.7 Å². The average molecular weight is 239 g/mol. The summed E-state index contributed by atoms with van der Waals surface area (Å²) in [7, 11) is -3.28. The topological polar surface area (TPSA) is 85.1 Å². The van der Waals surface area contributed by atoms with Crippen molar-refractivity contribution in [1.29, 1.82) is 0 Å². The average Bonchev–Trinajstić information content (AvgIpc) is 2.68. The van der Waals surface area contributed by atoms with Crippen molar-refractivity contribution in [3.63, 3.8) is 0 Å². The first-order valence-corrected chi connectivity index (χ1v) is 6.28. The first kappa shape index (κ1) is 10.6. The Labute approximate surface area is 92.4 Å². The molecular formula is C9H9N3O3S. The van der Waals surface area contributed by atoms with Crippen molar-refractivity contribution < 1.29 is 12.8 Å². The highest BCUT2D eigenvalue weighted by atomic mass is 32.2. The molecule has 0 bridgehead atoms. The fourth-order valence-electron chi connectivity index (χ4n) is 1.23. The van der Waals surface area contributed by atoms with Crippen LogP contribution in [0.25, 0.3) is 11.5 Å². The van der Waals surface area contributed by atoms with Gasteiger partial charge >= 0.3 is 0 Å². The van der Waals surface area contributed by atoms with Crippen LogP contribution in [0.1, 0.15) is 0 Å². The Kier molecular flexibility index (Phi) is 2.61. The summed E-state index contributed by atoms with van der Waals surface area (Å²) in [4.78, 5) is 0. The highest BCUT2D eigenvalue weighted by molar-refractivity contribution is 7.92. The Bertz CT molecular complexity index is 578. The predicted molar refractivity (Wildman–Crippen MR) is 58.2 cm³/mol. The largest absolute Gasteiger partial charge is 0.423 e. The van der Waals surface area contributed by atoms with Crippen LogP contribution in [0.3, 0.4) is 0 Å². The monoisotopic (exact) mass is 239 g/mol. The van der Waals surface area contributed by atoms with E-state index in [1.54, 1.807) is 24.3 Å². The summed E-state index contributed by atoms with van der Waals surface area (Å²) in [6, 6.07) is 6.71. The van der Waals surface area contributed by atoms with E-state index in [4.69, 9.17) is 4.42 Å². The van der Waals surface area contributed by atoms with E-state index < -0.39 is 10.0 Å². The summed E-state index contributed by atoms with van der Waals surface area (Å²) in [6.07, 6.45) is 2.30. The first-order valence-electron chi connectivity index (χ1n) is 4.39. The van der Waals surface area contributed by atoms with E-state index in [-0.39, 0.29) is 0 Å². The molecule has 1 aromatic heterocycles. The zero-order chi connectivity index (χ0) is 11.6. The molecule has 1 heterocycles. The van der Waals surface area contributed by atoms with Gasteiger partial charge in [-0.05, 0) is 18.2 Å². The van der Waals surface area contributed by atoms with Crippen molar-refractivity contribution in [2.24, 2.45) is 0 Å². The summed E-state index contributed by atoms with van der Waals surface area (Å²) >= 11 is 0. The lowest BCUT2D eigenvalue weighted by atomic mass is 10.2. The minimum absolute atomic E-state index is 0.345. The SMILES string of the molecule is CS(=O)(=O)Nc1cccc(-c2nnco2)c1. The Morgan fingerprint density at radius 3 is 2.81 bits per heavy atom. The molecule has 2 rings (SSSR count). The second-order valence-corrected chi connectivity index (χ2v) is 4.95. The number of sulfonamides is 1. The van der Waals surface area contributed by atoms with Gasteiger partial charge in [0.1, 0.15) is 0 Å². The van der Waals surface area contributed by atoms with Crippen LogP contribution in [0.15, 0.2) is 35.1 Å². The van der Waals surface area contributed by atoms with Gasteiger partial charge in [0.05, 0.1) is 6.26 Å². The highest BCUT2D eigenvalue weighted by Gasteiger charge is 2.06. The number of hydrogen-bond donors (Lipinski definition) is 1. The molecule has 1 N–H and O–H groups in total. The molecule has 0 fully saturated rings. The third-order valence-corrected chi connectivity index (χ3v) is 2.38. The number of nitrogens with zero attached hydrogens (tertiary/aromatic N) is 2. The van der Waals surface area contributed by atoms with Gasteiger partial charge in [0.25, 0.3) is 0 Å². The van der Waals surface area contributed by atoms with Gasteiger partial charge < -0.3 is 4.42 Å². The molecule has 0 aliphatic heterocycles. The summed E-state index contributed by atoms with van der Waals surface area (Å²) < 4.78 is 29.4. The van der Waals surface area contributed by atoms with Gasteiger partial charge in [-0.15, -0.1) is 10.2 Å². The molecule has 16 heavy (non-hydrogen) atoms. The summed E-state index contributed by atoms with van der Waals surface area (Å²) in [5.41, 5.74) is 1.12. The summed E-state index contributed by atoms with van der Waals surface area (Å²) in [6.45, 7) is 0. The van der Waals surface area contributed by atoms with Crippen molar-refractivity contribution in [3.8, 4) is 11.5 Å². The third kappa shape index (κ3) is 2.57. The molecule has 0 atom stereocenters. The van der Waals surface area contributed by atoms with Crippen LogP contribution in [-0.2, 0) is 10.0 Å². The second kappa shape index (κ2) is 3.93. The molecule has 0 saturated heterocycles. The number of benzene rings is 1. The lowest BCUT2D eigenvalue weighted by molar-refractivity contribution is 0.568. The van der Waals surface area contributed by atoms with Gasteiger partial charge in [-0.2, -0.15) is 0 Å². The fraction of sp³-hybridized carbons (Fsp3) is 0.111.